The number of hydrogen-bond donors (Lipinski definition) is 2. The molecule has 1 aliphatic heterocycles. The van der Waals surface area contributed by atoms with Crippen molar-refractivity contribution in [2.75, 3.05) is 40.9 Å². The first-order chi connectivity index (χ1) is 16.1. The van der Waals surface area contributed by atoms with E-state index in [4.69, 9.17) is 15.2 Å². The Hall–Kier alpha value is -3.85. The largest absolute Gasteiger partial charge is 0.507 e. The topological polar surface area (TPSA) is 122 Å². The number of rotatable bonds is 9. The summed E-state index contributed by atoms with van der Waals surface area (Å²) in [7, 11) is 5.29. The van der Waals surface area contributed by atoms with Gasteiger partial charge < -0.3 is 30.1 Å². The van der Waals surface area contributed by atoms with E-state index < -0.39 is 23.6 Å². The average Bonchev–Trinajstić information content (AvgIpc) is 3.06. The summed E-state index contributed by atoms with van der Waals surface area (Å²) in [6, 6.07) is 11.0. The molecule has 9 nitrogen and oxygen atoms in total. The first-order valence-electron chi connectivity index (χ1n) is 10.7. The summed E-state index contributed by atoms with van der Waals surface area (Å²) in [6.45, 7) is 2.35. The highest BCUT2D eigenvalue weighted by molar-refractivity contribution is 6.46. The molecular formula is C25H29N3O6. The number of Topliss-reactive ketones (excluding diaryl/α,β-unsaturated/α-hetero) is 1. The number of amides is 2. The quantitative estimate of drug-likeness (QED) is 0.328. The van der Waals surface area contributed by atoms with Crippen LogP contribution in [-0.4, -0.2) is 73.4 Å². The number of carbonyl (C=O) groups excluding carboxylic acids is 3. The van der Waals surface area contributed by atoms with E-state index in [2.05, 4.69) is 0 Å². The number of methoxy groups -OCH3 is 1. The van der Waals surface area contributed by atoms with E-state index >= 15 is 0 Å². The lowest BCUT2D eigenvalue weighted by Gasteiger charge is -2.26. The Bertz CT molecular complexity index is 1120. The molecule has 0 saturated carbocycles. The highest BCUT2D eigenvalue weighted by Crippen LogP contribution is 2.40. The van der Waals surface area contributed by atoms with Gasteiger partial charge in [0.2, 0.25) is 0 Å². The summed E-state index contributed by atoms with van der Waals surface area (Å²) in [5.41, 5.74) is 6.90. The van der Waals surface area contributed by atoms with Crippen molar-refractivity contribution in [2.24, 2.45) is 5.73 Å². The number of hydrogen-bond acceptors (Lipinski definition) is 7. The Kier molecular flexibility index (Phi) is 7.57. The fourth-order valence-corrected chi connectivity index (χ4v) is 3.84. The molecule has 9 heteroatoms. The summed E-state index contributed by atoms with van der Waals surface area (Å²) in [5.74, 6) is -1.23. The third-order valence-electron chi connectivity index (χ3n) is 5.59. The molecule has 180 valence electrons. The standard InChI is InChI=1S/C25H29N3O6/c1-15-13-18(33-4)9-10-19(15)23(30)21-22(28(12-11-27(2)3)25(32)24(21)31)16-5-7-17(8-6-16)34-14-20(26)29/h5-10,13,22,30H,11-12,14H2,1-4H3,(H2,26,29)/b23-21+. The highest BCUT2D eigenvalue weighted by atomic mass is 16.5. The van der Waals surface area contributed by atoms with Crippen LogP contribution in [0.5, 0.6) is 11.5 Å². The molecule has 34 heavy (non-hydrogen) atoms. The van der Waals surface area contributed by atoms with Crippen LogP contribution >= 0.6 is 0 Å². The molecule has 2 amide bonds. The Labute approximate surface area is 198 Å². The molecule has 2 aromatic carbocycles. The van der Waals surface area contributed by atoms with Crippen LogP contribution in [0.15, 0.2) is 48.0 Å². The number of benzene rings is 2. The van der Waals surface area contributed by atoms with E-state index in [1.54, 1.807) is 56.5 Å². The Morgan fingerprint density at radius 2 is 1.76 bits per heavy atom. The van der Waals surface area contributed by atoms with Gasteiger partial charge in [-0.2, -0.15) is 0 Å². The van der Waals surface area contributed by atoms with Gasteiger partial charge in [0.1, 0.15) is 17.3 Å². The maximum atomic E-state index is 13.1. The van der Waals surface area contributed by atoms with Crippen LogP contribution in [0.4, 0.5) is 0 Å². The Balaban J connectivity index is 2.09. The molecule has 1 saturated heterocycles. The first kappa shape index (κ1) is 24.8. The molecule has 1 heterocycles. The van der Waals surface area contributed by atoms with Gasteiger partial charge in [-0.3, -0.25) is 14.4 Å². The third kappa shape index (κ3) is 5.20. The van der Waals surface area contributed by atoms with E-state index in [1.165, 1.54) is 4.90 Å². The van der Waals surface area contributed by atoms with Crippen LogP contribution in [0.2, 0.25) is 0 Å². The smallest absolute Gasteiger partial charge is 0.295 e. The molecule has 1 aliphatic rings. The zero-order chi connectivity index (χ0) is 25.0. The summed E-state index contributed by atoms with van der Waals surface area (Å²) >= 11 is 0. The van der Waals surface area contributed by atoms with Crippen LogP contribution in [0.25, 0.3) is 5.76 Å². The van der Waals surface area contributed by atoms with E-state index in [0.717, 1.165) is 0 Å². The zero-order valence-electron chi connectivity index (χ0n) is 19.7. The third-order valence-corrected chi connectivity index (χ3v) is 5.59. The molecule has 2 aromatic rings. The van der Waals surface area contributed by atoms with Gasteiger partial charge in [-0.15, -0.1) is 0 Å². The number of primary amides is 1. The lowest BCUT2D eigenvalue weighted by molar-refractivity contribution is -0.140. The SMILES string of the molecule is COc1ccc(/C(O)=C2\C(=O)C(=O)N(CCN(C)C)C2c2ccc(OCC(N)=O)cc2)c(C)c1. The number of carbonyl (C=O) groups is 3. The number of aliphatic hydroxyl groups excluding tert-OH is 1. The Morgan fingerprint density at radius 1 is 1.12 bits per heavy atom. The van der Waals surface area contributed by atoms with Crippen molar-refractivity contribution in [1.82, 2.24) is 9.80 Å². The van der Waals surface area contributed by atoms with Crippen LogP contribution in [0.1, 0.15) is 22.7 Å². The summed E-state index contributed by atoms with van der Waals surface area (Å²) in [4.78, 5) is 40.5. The van der Waals surface area contributed by atoms with Crippen molar-refractivity contribution in [3.05, 3.63) is 64.7 Å². The van der Waals surface area contributed by atoms with Crippen molar-refractivity contribution in [2.45, 2.75) is 13.0 Å². The van der Waals surface area contributed by atoms with E-state index in [-0.39, 0.29) is 17.9 Å². The predicted molar refractivity (Wildman–Crippen MR) is 126 cm³/mol. The maximum absolute atomic E-state index is 13.1. The number of nitrogens with two attached hydrogens (primary N) is 1. The lowest BCUT2D eigenvalue weighted by atomic mass is 9.94. The predicted octanol–water partition coefficient (Wildman–Crippen LogP) is 1.85. The zero-order valence-corrected chi connectivity index (χ0v) is 19.7. The van der Waals surface area contributed by atoms with Gasteiger partial charge in [-0.25, -0.2) is 0 Å². The molecule has 0 bridgehead atoms. The van der Waals surface area contributed by atoms with Crippen molar-refractivity contribution < 1.29 is 29.0 Å². The number of likely N-dealkylation sites (tertiary alicyclic amines) is 1. The van der Waals surface area contributed by atoms with Crippen molar-refractivity contribution in [3.63, 3.8) is 0 Å². The fourth-order valence-electron chi connectivity index (χ4n) is 3.84. The van der Waals surface area contributed by atoms with Crippen LogP contribution in [0, 0.1) is 6.92 Å². The maximum Gasteiger partial charge on any atom is 0.295 e. The van der Waals surface area contributed by atoms with Crippen molar-refractivity contribution in [1.29, 1.82) is 0 Å². The number of likely N-dealkylation sites (N-methyl/N-ethyl adjacent to an activating group) is 1. The molecule has 0 aromatic heterocycles. The molecular weight excluding hydrogens is 438 g/mol. The van der Waals surface area contributed by atoms with Gasteiger partial charge in [-0.05, 0) is 62.5 Å². The number of aliphatic hydroxyl groups is 1. The molecule has 3 N–H and O–H groups in total. The van der Waals surface area contributed by atoms with Gasteiger partial charge in [0, 0.05) is 18.7 Å². The minimum absolute atomic E-state index is 0.0165. The second-order valence-corrected chi connectivity index (χ2v) is 8.30. The van der Waals surface area contributed by atoms with Gasteiger partial charge in [-0.1, -0.05) is 12.1 Å². The second kappa shape index (κ2) is 10.4. The van der Waals surface area contributed by atoms with E-state index in [1.807, 2.05) is 19.0 Å². The summed E-state index contributed by atoms with van der Waals surface area (Å²) < 4.78 is 10.5. The Morgan fingerprint density at radius 3 is 2.32 bits per heavy atom. The molecule has 1 unspecified atom stereocenters. The minimum atomic E-state index is -0.786. The van der Waals surface area contributed by atoms with Crippen LogP contribution in [0.3, 0.4) is 0 Å². The molecule has 1 atom stereocenters. The van der Waals surface area contributed by atoms with Gasteiger partial charge in [0.15, 0.2) is 6.61 Å². The molecule has 3 rings (SSSR count). The van der Waals surface area contributed by atoms with E-state index in [0.29, 0.717) is 41.3 Å². The van der Waals surface area contributed by atoms with Crippen molar-refractivity contribution in [3.8, 4) is 11.5 Å². The molecule has 0 spiro atoms. The molecule has 0 aliphatic carbocycles. The van der Waals surface area contributed by atoms with Gasteiger partial charge in [0.05, 0.1) is 18.7 Å². The first-order valence-corrected chi connectivity index (χ1v) is 10.7. The van der Waals surface area contributed by atoms with E-state index in [9.17, 15) is 19.5 Å². The normalized spacial score (nSPS) is 17.3. The van der Waals surface area contributed by atoms with Crippen molar-refractivity contribution >= 4 is 23.4 Å². The number of ether oxygens (including phenoxy) is 2. The van der Waals surface area contributed by atoms with Crippen LogP contribution in [-0.2, 0) is 14.4 Å². The van der Waals surface area contributed by atoms with Gasteiger partial charge in [0.25, 0.3) is 17.6 Å². The number of nitrogens with zero attached hydrogens (tertiary/aromatic N) is 2. The molecule has 0 radical (unpaired) electrons. The summed E-state index contributed by atoms with van der Waals surface area (Å²) in [5, 5.41) is 11.2. The number of aryl methyl sites for hydroxylation is 1. The lowest BCUT2D eigenvalue weighted by Crippen LogP contribution is -2.35. The molecule has 1 fully saturated rings. The fraction of sp³-hybridized carbons (Fsp3) is 0.320. The highest BCUT2D eigenvalue weighted by Gasteiger charge is 2.46. The van der Waals surface area contributed by atoms with Crippen LogP contribution < -0.4 is 15.2 Å². The minimum Gasteiger partial charge on any atom is -0.507 e. The monoisotopic (exact) mass is 467 g/mol. The average molecular weight is 468 g/mol. The van der Waals surface area contributed by atoms with Gasteiger partial charge >= 0.3 is 0 Å². The number of ketones is 1. The summed E-state index contributed by atoms with van der Waals surface area (Å²) in [6.07, 6.45) is 0. The second-order valence-electron chi connectivity index (χ2n) is 8.30.